The van der Waals surface area contributed by atoms with Crippen molar-refractivity contribution in [3.8, 4) is 11.5 Å². The highest BCUT2D eigenvalue weighted by Crippen LogP contribution is 2.28. The molecule has 1 rings (SSSR count). The fraction of sp³-hybridized carbons (Fsp3) is 0.333. The zero-order valence-electron chi connectivity index (χ0n) is 7.22. The summed E-state index contributed by atoms with van der Waals surface area (Å²) >= 11 is 3.29. The molecule has 0 atom stereocenters. The Bertz CT molecular complexity index is 278. The van der Waals surface area contributed by atoms with Crippen molar-refractivity contribution in [2.75, 3.05) is 20.4 Å². The average Bonchev–Trinajstić information content (AvgIpc) is 2.16. The lowest BCUT2D eigenvalue weighted by molar-refractivity contribution is 0.271. The zero-order valence-corrected chi connectivity index (χ0v) is 8.80. The summed E-state index contributed by atoms with van der Waals surface area (Å²) in [5.74, 6) is 1.36. The van der Waals surface area contributed by atoms with Crippen LogP contribution in [0.1, 0.15) is 0 Å². The molecule has 0 fully saturated rings. The smallest absolute Gasteiger partial charge is 0.133 e. The number of hydrogen-bond donors (Lipinski definition) is 0. The number of methoxy groups -OCH3 is 1. The highest BCUT2D eigenvalue weighted by molar-refractivity contribution is 9.10. The van der Waals surface area contributed by atoms with E-state index in [-0.39, 0.29) is 6.61 Å². The average molecular weight is 249 g/mol. The molecule has 0 aliphatic heterocycles. The van der Waals surface area contributed by atoms with E-state index in [4.69, 9.17) is 9.47 Å². The molecule has 0 heterocycles. The molecule has 0 saturated heterocycles. The number of alkyl halides is 1. The number of halogens is 2. The van der Waals surface area contributed by atoms with Crippen molar-refractivity contribution >= 4 is 15.9 Å². The van der Waals surface area contributed by atoms with Crippen LogP contribution in [0.2, 0.25) is 0 Å². The quantitative estimate of drug-likeness (QED) is 0.816. The molecule has 13 heavy (non-hydrogen) atoms. The van der Waals surface area contributed by atoms with Gasteiger partial charge in [-0.05, 0) is 34.1 Å². The molecule has 1 aromatic carbocycles. The van der Waals surface area contributed by atoms with Crippen LogP contribution in [0.4, 0.5) is 4.39 Å². The van der Waals surface area contributed by atoms with Gasteiger partial charge in [-0.25, -0.2) is 4.39 Å². The molecule has 0 N–H and O–H groups in total. The van der Waals surface area contributed by atoms with Gasteiger partial charge < -0.3 is 9.47 Å². The van der Waals surface area contributed by atoms with Crippen LogP contribution in [0.25, 0.3) is 0 Å². The predicted molar refractivity (Wildman–Crippen MR) is 52.2 cm³/mol. The SMILES string of the molecule is COc1ccc(OCCF)c(Br)c1. The minimum Gasteiger partial charge on any atom is -0.497 e. The second-order valence-corrected chi connectivity index (χ2v) is 3.19. The monoisotopic (exact) mass is 248 g/mol. The van der Waals surface area contributed by atoms with Gasteiger partial charge in [-0.1, -0.05) is 0 Å². The van der Waals surface area contributed by atoms with Gasteiger partial charge in [-0.2, -0.15) is 0 Å². The molecule has 0 aliphatic carbocycles. The van der Waals surface area contributed by atoms with E-state index in [1.807, 2.05) is 0 Å². The first kappa shape index (κ1) is 10.3. The van der Waals surface area contributed by atoms with Crippen molar-refractivity contribution in [2.24, 2.45) is 0 Å². The molecule has 0 aliphatic rings. The molecule has 0 saturated carbocycles. The molecular weight excluding hydrogens is 239 g/mol. The van der Waals surface area contributed by atoms with Crippen molar-refractivity contribution in [2.45, 2.75) is 0 Å². The second kappa shape index (κ2) is 5.07. The van der Waals surface area contributed by atoms with E-state index in [2.05, 4.69) is 15.9 Å². The van der Waals surface area contributed by atoms with E-state index >= 15 is 0 Å². The maximum Gasteiger partial charge on any atom is 0.133 e. The van der Waals surface area contributed by atoms with E-state index < -0.39 is 6.67 Å². The predicted octanol–water partition coefficient (Wildman–Crippen LogP) is 2.81. The summed E-state index contributed by atoms with van der Waals surface area (Å²) in [4.78, 5) is 0. The van der Waals surface area contributed by atoms with Crippen LogP contribution in [-0.2, 0) is 0 Å². The van der Waals surface area contributed by atoms with Gasteiger partial charge in [0, 0.05) is 0 Å². The molecule has 0 aromatic heterocycles. The Morgan fingerprint density at radius 2 is 2.23 bits per heavy atom. The van der Waals surface area contributed by atoms with E-state index in [0.29, 0.717) is 5.75 Å². The van der Waals surface area contributed by atoms with Crippen molar-refractivity contribution in [3.63, 3.8) is 0 Å². The maximum atomic E-state index is 11.8. The first-order valence-electron chi connectivity index (χ1n) is 3.80. The highest BCUT2D eigenvalue weighted by atomic mass is 79.9. The standard InChI is InChI=1S/C9H10BrFO2/c1-12-7-2-3-9(8(10)6-7)13-5-4-11/h2-3,6H,4-5H2,1H3. The van der Waals surface area contributed by atoms with Crippen molar-refractivity contribution in [1.29, 1.82) is 0 Å². The van der Waals surface area contributed by atoms with Crippen LogP contribution in [0.3, 0.4) is 0 Å². The van der Waals surface area contributed by atoms with Gasteiger partial charge in [-0.3, -0.25) is 0 Å². The molecule has 0 bridgehead atoms. The Hall–Kier alpha value is -0.770. The van der Waals surface area contributed by atoms with Crippen LogP contribution in [0.5, 0.6) is 11.5 Å². The molecule has 72 valence electrons. The molecule has 2 nitrogen and oxygen atoms in total. The molecule has 0 spiro atoms. The summed E-state index contributed by atoms with van der Waals surface area (Å²) in [5, 5.41) is 0. The summed E-state index contributed by atoms with van der Waals surface area (Å²) in [6.07, 6.45) is 0. The maximum absolute atomic E-state index is 11.8. The lowest BCUT2D eigenvalue weighted by atomic mass is 10.3. The largest absolute Gasteiger partial charge is 0.497 e. The van der Waals surface area contributed by atoms with Crippen LogP contribution >= 0.6 is 15.9 Å². The summed E-state index contributed by atoms with van der Waals surface area (Å²) in [6.45, 7) is -0.413. The van der Waals surface area contributed by atoms with Gasteiger partial charge in [0.1, 0.15) is 24.8 Å². The normalized spacial score (nSPS) is 9.77. The van der Waals surface area contributed by atoms with Gasteiger partial charge in [0.2, 0.25) is 0 Å². The highest BCUT2D eigenvalue weighted by Gasteiger charge is 2.01. The van der Waals surface area contributed by atoms with Gasteiger partial charge in [0.25, 0.3) is 0 Å². The number of benzene rings is 1. The first-order valence-corrected chi connectivity index (χ1v) is 4.59. The van der Waals surface area contributed by atoms with Crippen molar-refractivity contribution < 1.29 is 13.9 Å². The van der Waals surface area contributed by atoms with Crippen LogP contribution in [0, 0.1) is 0 Å². The Labute approximate surface area is 84.8 Å². The van der Waals surface area contributed by atoms with Crippen LogP contribution < -0.4 is 9.47 Å². The third kappa shape index (κ3) is 2.88. The number of ether oxygens (including phenoxy) is 2. The summed E-state index contributed by atoms with van der Waals surface area (Å²) in [7, 11) is 1.59. The second-order valence-electron chi connectivity index (χ2n) is 2.33. The minimum atomic E-state index is -0.488. The molecular formula is C9H10BrFO2. The van der Waals surface area contributed by atoms with Crippen LogP contribution in [0.15, 0.2) is 22.7 Å². The van der Waals surface area contributed by atoms with E-state index in [1.165, 1.54) is 0 Å². The van der Waals surface area contributed by atoms with E-state index in [0.717, 1.165) is 10.2 Å². The first-order chi connectivity index (χ1) is 6.27. The molecule has 0 radical (unpaired) electrons. The summed E-state index contributed by atoms with van der Waals surface area (Å²) in [5.41, 5.74) is 0. The lowest BCUT2D eigenvalue weighted by Crippen LogP contribution is -1.99. The lowest BCUT2D eigenvalue weighted by Gasteiger charge is -2.07. The van der Waals surface area contributed by atoms with Gasteiger partial charge in [-0.15, -0.1) is 0 Å². The molecule has 4 heteroatoms. The summed E-state index contributed by atoms with van der Waals surface area (Å²) < 4.78 is 22.7. The molecule has 0 amide bonds. The van der Waals surface area contributed by atoms with E-state index in [9.17, 15) is 4.39 Å². The number of hydrogen-bond acceptors (Lipinski definition) is 2. The Kier molecular flexibility index (Phi) is 4.02. The third-order valence-electron chi connectivity index (χ3n) is 1.47. The summed E-state index contributed by atoms with van der Waals surface area (Å²) in [6, 6.07) is 5.27. The molecule has 0 unspecified atom stereocenters. The van der Waals surface area contributed by atoms with Gasteiger partial charge in [0.05, 0.1) is 11.6 Å². The van der Waals surface area contributed by atoms with E-state index in [1.54, 1.807) is 25.3 Å². The van der Waals surface area contributed by atoms with Gasteiger partial charge >= 0.3 is 0 Å². The van der Waals surface area contributed by atoms with Crippen molar-refractivity contribution in [3.05, 3.63) is 22.7 Å². The Morgan fingerprint density at radius 1 is 1.46 bits per heavy atom. The fourth-order valence-electron chi connectivity index (χ4n) is 0.874. The minimum absolute atomic E-state index is 0.0743. The van der Waals surface area contributed by atoms with Crippen molar-refractivity contribution in [1.82, 2.24) is 0 Å². The number of rotatable bonds is 4. The fourth-order valence-corrected chi connectivity index (χ4v) is 1.35. The third-order valence-corrected chi connectivity index (χ3v) is 2.09. The van der Waals surface area contributed by atoms with Gasteiger partial charge in [0.15, 0.2) is 0 Å². The Balaban J connectivity index is 2.73. The molecule has 1 aromatic rings. The zero-order chi connectivity index (χ0) is 9.68. The Morgan fingerprint density at radius 3 is 2.77 bits per heavy atom. The van der Waals surface area contributed by atoms with Crippen LogP contribution in [-0.4, -0.2) is 20.4 Å². The topological polar surface area (TPSA) is 18.5 Å².